The highest BCUT2D eigenvalue weighted by Crippen LogP contribution is 2.68. The fourth-order valence-corrected chi connectivity index (χ4v) is 6.03. The van der Waals surface area contributed by atoms with Crippen molar-refractivity contribution in [3.63, 3.8) is 0 Å². The van der Waals surface area contributed by atoms with E-state index in [0.717, 1.165) is 17.7 Å². The van der Waals surface area contributed by atoms with Crippen LogP contribution in [0.15, 0.2) is 48.8 Å². The summed E-state index contributed by atoms with van der Waals surface area (Å²) in [4.78, 5) is 26.3. The molecule has 40 heavy (non-hydrogen) atoms. The van der Waals surface area contributed by atoms with Crippen LogP contribution < -0.4 is 5.32 Å². The molecule has 1 unspecified atom stereocenters. The normalized spacial score (nSPS) is 24.9. The van der Waals surface area contributed by atoms with Gasteiger partial charge in [-0.1, -0.05) is 36.6 Å². The van der Waals surface area contributed by atoms with Gasteiger partial charge in [0.05, 0.1) is 23.9 Å². The molecule has 0 saturated heterocycles. The van der Waals surface area contributed by atoms with Gasteiger partial charge in [-0.25, -0.2) is 23.7 Å². The van der Waals surface area contributed by atoms with Gasteiger partial charge in [-0.2, -0.15) is 0 Å². The molecule has 2 aromatic carbocycles. The largest absolute Gasteiger partial charge is 0.389 e. The number of aliphatic hydroxyl groups is 2. The van der Waals surface area contributed by atoms with E-state index in [0.29, 0.717) is 35.0 Å². The van der Waals surface area contributed by atoms with Crippen LogP contribution in [0.2, 0.25) is 5.02 Å². The number of nitrogens with one attached hydrogen (secondary N) is 1. The Balaban J connectivity index is 1.42. The third-order valence-electron chi connectivity index (χ3n) is 7.84. The van der Waals surface area contributed by atoms with E-state index >= 15 is 0 Å². The first kappa shape index (κ1) is 26.3. The smallest absolute Gasteiger partial charge is 0.209 e. The number of nitrogens with zero attached hydrogens (tertiary/aromatic N) is 4. The lowest BCUT2D eigenvalue weighted by molar-refractivity contribution is -0.130. The van der Waals surface area contributed by atoms with Crippen molar-refractivity contribution in [2.75, 3.05) is 5.32 Å². The van der Waals surface area contributed by atoms with Crippen molar-refractivity contribution in [1.29, 1.82) is 0 Å². The highest BCUT2D eigenvalue weighted by molar-refractivity contribution is 6.30. The second kappa shape index (κ2) is 9.93. The number of aromatic nitrogens is 4. The monoisotopic (exact) mass is 563 g/mol. The molecule has 6 rings (SSSR count). The Morgan fingerprint density at radius 3 is 2.75 bits per heavy atom. The van der Waals surface area contributed by atoms with Crippen LogP contribution in [0, 0.1) is 34.8 Å². The number of Topliss-reactive ketones (excluding diaryl/α,β-unsaturated/α-hetero) is 1. The number of hydrogen-bond donors (Lipinski definition) is 3. The van der Waals surface area contributed by atoms with E-state index < -0.39 is 35.3 Å². The lowest BCUT2D eigenvalue weighted by Crippen LogP contribution is -2.37. The number of ketones is 1. The summed E-state index contributed by atoms with van der Waals surface area (Å²) in [5.74, 6) is 3.65. The number of fused-ring (bicyclic) bond motifs is 2. The van der Waals surface area contributed by atoms with Gasteiger partial charge in [-0.3, -0.25) is 4.79 Å². The van der Waals surface area contributed by atoms with Gasteiger partial charge in [0.25, 0.3) is 0 Å². The average molecular weight is 564 g/mol. The maximum absolute atomic E-state index is 13.7. The Kier molecular flexibility index (Phi) is 6.53. The number of carbonyl (C=O) groups is 1. The fourth-order valence-electron chi connectivity index (χ4n) is 5.82. The number of carbonyl (C=O) groups excluding carboxylic acids is 1. The number of imidazole rings is 1. The minimum absolute atomic E-state index is 0.0762. The van der Waals surface area contributed by atoms with Crippen molar-refractivity contribution in [1.82, 2.24) is 19.5 Å². The van der Waals surface area contributed by atoms with Gasteiger partial charge in [0, 0.05) is 23.6 Å². The molecule has 2 heterocycles. The van der Waals surface area contributed by atoms with Crippen molar-refractivity contribution in [3.05, 3.63) is 82.4 Å². The van der Waals surface area contributed by atoms with Crippen LogP contribution in [-0.4, -0.2) is 47.7 Å². The Hall–Kier alpha value is -3.91. The standard InChI is InChI=1S/C29H24ClF2N5O3/c1-2-21(38)29-12-18(29)24(25(39)26(29)40)37-14-34-23-27(33-13-16-4-3-5-17(30)10-16)35-22(36-28(23)37)9-7-15-6-8-19(31)20(32)11-15/h3-6,8,10-11,14,18,24-26,39-40H,2,12-13H2,1H3,(H,33,35,36)/t18-,24-,25-,26?,29-/m1/s1. The van der Waals surface area contributed by atoms with Crippen LogP contribution in [0.5, 0.6) is 0 Å². The van der Waals surface area contributed by atoms with Gasteiger partial charge >= 0.3 is 0 Å². The number of anilines is 1. The lowest BCUT2D eigenvalue weighted by Gasteiger charge is -2.23. The second-order valence-corrected chi connectivity index (χ2v) is 10.6. The first-order valence-corrected chi connectivity index (χ1v) is 13.2. The molecule has 2 fully saturated rings. The minimum atomic E-state index is -1.19. The van der Waals surface area contributed by atoms with Crippen molar-refractivity contribution >= 4 is 34.4 Å². The van der Waals surface area contributed by atoms with Crippen LogP contribution in [0.25, 0.3) is 11.2 Å². The summed E-state index contributed by atoms with van der Waals surface area (Å²) in [6.07, 6.45) is -0.137. The molecule has 0 amide bonds. The van der Waals surface area contributed by atoms with Crippen molar-refractivity contribution in [2.24, 2.45) is 11.3 Å². The minimum Gasteiger partial charge on any atom is -0.389 e. The first-order valence-electron chi connectivity index (χ1n) is 12.8. The predicted octanol–water partition coefficient (Wildman–Crippen LogP) is 4.03. The van der Waals surface area contributed by atoms with Crippen LogP contribution in [0.1, 0.15) is 42.8 Å². The van der Waals surface area contributed by atoms with Crippen LogP contribution in [-0.2, 0) is 11.3 Å². The van der Waals surface area contributed by atoms with E-state index in [4.69, 9.17) is 11.6 Å². The van der Waals surface area contributed by atoms with Gasteiger partial charge in [0.2, 0.25) is 5.82 Å². The molecule has 0 radical (unpaired) electrons. The average Bonchev–Trinajstić information content (AvgIpc) is 3.48. The molecule has 5 atom stereocenters. The van der Waals surface area contributed by atoms with Crippen molar-refractivity contribution in [3.8, 4) is 11.8 Å². The highest BCUT2D eigenvalue weighted by atomic mass is 35.5. The summed E-state index contributed by atoms with van der Waals surface area (Å²) in [5, 5.41) is 25.7. The van der Waals surface area contributed by atoms with Gasteiger partial charge in [-0.15, -0.1) is 0 Å². The Labute approximate surface area is 233 Å². The highest BCUT2D eigenvalue weighted by Gasteiger charge is 2.74. The zero-order valence-corrected chi connectivity index (χ0v) is 22.0. The molecule has 2 aliphatic carbocycles. The number of hydrogen-bond acceptors (Lipinski definition) is 7. The molecule has 8 nitrogen and oxygen atoms in total. The zero-order chi connectivity index (χ0) is 28.2. The summed E-state index contributed by atoms with van der Waals surface area (Å²) in [6, 6.07) is 9.99. The fraction of sp³-hybridized carbons (Fsp3) is 0.310. The molecule has 3 N–H and O–H groups in total. The number of rotatable bonds is 6. The van der Waals surface area contributed by atoms with Gasteiger partial charge in [0.1, 0.15) is 11.9 Å². The summed E-state index contributed by atoms with van der Waals surface area (Å²) >= 11 is 6.12. The predicted molar refractivity (Wildman–Crippen MR) is 143 cm³/mol. The first-order chi connectivity index (χ1) is 19.2. The molecule has 2 aromatic heterocycles. The molecule has 2 saturated carbocycles. The Bertz CT molecular complexity index is 1720. The van der Waals surface area contributed by atoms with Crippen molar-refractivity contribution < 1.29 is 23.8 Å². The number of aliphatic hydroxyl groups excluding tert-OH is 2. The molecule has 2 aliphatic rings. The summed E-state index contributed by atoms with van der Waals surface area (Å²) in [5.41, 5.74) is 0.914. The molecule has 0 aliphatic heterocycles. The summed E-state index contributed by atoms with van der Waals surface area (Å²) in [6.45, 7) is 2.10. The zero-order valence-electron chi connectivity index (χ0n) is 21.3. The van der Waals surface area contributed by atoms with Crippen LogP contribution >= 0.6 is 11.6 Å². The molecular formula is C29H24ClF2N5O3. The van der Waals surface area contributed by atoms with Gasteiger partial charge < -0.3 is 20.1 Å². The molecule has 0 bridgehead atoms. The molecule has 11 heteroatoms. The van der Waals surface area contributed by atoms with Crippen LogP contribution in [0.3, 0.4) is 0 Å². The number of halogens is 3. The number of benzene rings is 2. The summed E-state index contributed by atoms with van der Waals surface area (Å²) in [7, 11) is 0. The third kappa shape index (κ3) is 4.31. The van der Waals surface area contributed by atoms with E-state index in [-0.39, 0.29) is 29.5 Å². The second-order valence-electron chi connectivity index (χ2n) is 10.1. The molecule has 204 valence electrons. The topological polar surface area (TPSA) is 113 Å². The van der Waals surface area contributed by atoms with Crippen LogP contribution in [0.4, 0.5) is 14.6 Å². The quantitative estimate of drug-likeness (QED) is 0.304. The lowest BCUT2D eigenvalue weighted by atomic mass is 9.92. The van der Waals surface area contributed by atoms with Gasteiger partial charge in [0.15, 0.2) is 28.6 Å². The Morgan fingerprint density at radius 1 is 1.18 bits per heavy atom. The van der Waals surface area contributed by atoms with E-state index in [9.17, 15) is 23.8 Å². The SMILES string of the molecule is CCC(=O)[C@@]12C[C@@H]1[C@@H](n1cnc3c(NCc4cccc(Cl)c4)nc(C#Cc4ccc(F)c(F)c4)nc31)[C@@H](O)C2O. The van der Waals surface area contributed by atoms with E-state index in [1.807, 2.05) is 18.2 Å². The van der Waals surface area contributed by atoms with E-state index in [1.165, 1.54) is 12.4 Å². The third-order valence-corrected chi connectivity index (χ3v) is 8.08. The Morgan fingerprint density at radius 2 is 2.00 bits per heavy atom. The maximum atomic E-state index is 13.7. The maximum Gasteiger partial charge on any atom is 0.209 e. The molecule has 4 aromatic rings. The van der Waals surface area contributed by atoms with E-state index in [1.54, 1.807) is 17.6 Å². The van der Waals surface area contributed by atoms with E-state index in [2.05, 4.69) is 32.1 Å². The molecule has 0 spiro atoms. The van der Waals surface area contributed by atoms with Gasteiger partial charge in [-0.05, 0) is 54.2 Å². The molecular weight excluding hydrogens is 540 g/mol. The van der Waals surface area contributed by atoms with Crippen molar-refractivity contribution in [2.45, 2.75) is 44.6 Å². The summed E-state index contributed by atoms with van der Waals surface area (Å²) < 4.78 is 28.7.